The molecule has 0 fully saturated rings. The minimum atomic E-state index is -0.479. The highest BCUT2D eigenvalue weighted by atomic mass is 35.5. The molecule has 0 bridgehead atoms. The monoisotopic (exact) mass is 372 g/mol. The van der Waals surface area contributed by atoms with E-state index in [9.17, 15) is 9.90 Å². The molecule has 22 heavy (non-hydrogen) atoms. The van der Waals surface area contributed by atoms with E-state index >= 15 is 0 Å². The van der Waals surface area contributed by atoms with Gasteiger partial charge in [0.15, 0.2) is 11.6 Å². The largest absolute Gasteiger partial charge is 0.504 e. The molecule has 0 saturated carbocycles. The number of aromatic nitrogens is 1. The number of halogens is 3. The van der Waals surface area contributed by atoms with Gasteiger partial charge in [-0.15, -0.1) is 11.3 Å². The summed E-state index contributed by atoms with van der Waals surface area (Å²) in [4.78, 5) is 16.5. The van der Waals surface area contributed by atoms with E-state index in [-0.39, 0.29) is 21.5 Å². The fraction of sp³-hybridized carbons (Fsp3) is 0. The minimum Gasteiger partial charge on any atom is -0.504 e. The number of carbonyl (C=O) groups is 1. The molecule has 3 rings (SSSR count). The van der Waals surface area contributed by atoms with Crippen molar-refractivity contribution in [2.24, 2.45) is 0 Å². The van der Waals surface area contributed by atoms with E-state index in [1.165, 1.54) is 12.3 Å². The third kappa shape index (κ3) is 2.73. The topological polar surface area (TPSA) is 62.2 Å². The number of hydrogen-bond acceptors (Lipinski definition) is 4. The molecule has 0 aliphatic rings. The zero-order valence-electron chi connectivity index (χ0n) is 10.7. The first-order valence-corrected chi connectivity index (χ1v) is 7.95. The van der Waals surface area contributed by atoms with Crippen molar-refractivity contribution in [3.63, 3.8) is 0 Å². The summed E-state index contributed by atoms with van der Waals surface area (Å²) in [6.07, 6.45) is 1.46. The van der Waals surface area contributed by atoms with Crippen LogP contribution in [0.2, 0.25) is 15.1 Å². The molecule has 8 heteroatoms. The molecule has 4 nitrogen and oxygen atoms in total. The first kappa shape index (κ1) is 15.4. The van der Waals surface area contributed by atoms with E-state index in [0.29, 0.717) is 20.1 Å². The fourth-order valence-electron chi connectivity index (χ4n) is 1.92. The van der Waals surface area contributed by atoms with Gasteiger partial charge in [0.25, 0.3) is 5.91 Å². The van der Waals surface area contributed by atoms with E-state index < -0.39 is 5.91 Å². The predicted octanol–water partition coefficient (Wildman–Crippen LogP) is 5.21. The number of aromatic hydroxyl groups is 1. The van der Waals surface area contributed by atoms with Crippen molar-refractivity contribution >= 4 is 68.0 Å². The lowest BCUT2D eigenvalue weighted by molar-refractivity contribution is 0.103. The van der Waals surface area contributed by atoms with Crippen LogP contribution in [0, 0.1) is 0 Å². The first-order valence-electron chi connectivity index (χ1n) is 5.99. The number of benzene rings is 1. The number of thiophene rings is 1. The zero-order chi connectivity index (χ0) is 15.9. The van der Waals surface area contributed by atoms with Crippen molar-refractivity contribution in [3.8, 4) is 5.75 Å². The second-order valence-corrected chi connectivity index (χ2v) is 6.60. The van der Waals surface area contributed by atoms with E-state index in [1.54, 1.807) is 18.2 Å². The van der Waals surface area contributed by atoms with Gasteiger partial charge in [-0.05, 0) is 24.3 Å². The van der Waals surface area contributed by atoms with E-state index in [0.717, 1.165) is 11.3 Å². The summed E-state index contributed by atoms with van der Waals surface area (Å²) in [6.45, 7) is 0. The number of nitrogens with one attached hydrogen (secondary N) is 1. The molecule has 0 radical (unpaired) electrons. The standard InChI is InChI=1S/C14H7Cl3N2O2S/c15-6-4-7(16)10-9(5-6)22-12(11(10)17)14(21)19-13-8(20)2-1-3-18-13/h1-5,20H,(H,18,19,21). The van der Waals surface area contributed by atoms with Crippen LogP contribution in [0.15, 0.2) is 30.5 Å². The Hall–Kier alpha value is -1.53. The van der Waals surface area contributed by atoms with Gasteiger partial charge >= 0.3 is 0 Å². The van der Waals surface area contributed by atoms with Crippen molar-refractivity contribution < 1.29 is 9.90 Å². The van der Waals surface area contributed by atoms with Crippen LogP contribution >= 0.6 is 46.1 Å². The maximum absolute atomic E-state index is 12.3. The second-order valence-electron chi connectivity index (χ2n) is 4.33. The van der Waals surface area contributed by atoms with Gasteiger partial charge < -0.3 is 10.4 Å². The van der Waals surface area contributed by atoms with Gasteiger partial charge in [0.1, 0.15) is 4.88 Å². The van der Waals surface area contributed by atoms with Gasteiger partial charge in [-0.1, -0.05) is 34.8 Å². The van der Waals surface area contributed by atoms with Gasteiger partial charge in [0.2, 0.25) is 0 Å². The zero-order valence-corrected chi connectivity index (χ0v) is 13.8. The Morgan fingerprint density at radius 3 is 2.77 bits per heavy atom. The molecule has 2 aromatic heterocycles. The molecule has 0 aliphatic carbocycles. The Balaban J connectivity index is 2.03. The SMILES string of the molecule is O=C(Nc1ncccc1O)c1sc2cc(Cl)cc(Cl)c2c1Cl. The summed E-state index contributed by atoms with van der Waals surface area (Å²) in [7, 11) is 0. The Morgan fingerprint density at radius 1 is 1.27 bits per heavy atom. The first-order chi connectivity index (χ1) is 10.5. The molecule has 0 spiro atoms. The molecule has 0 aliphatic heterocycles. The summed E-state index contributed by atoms with van der Waals surface area (Å²) >= 11 is 19.5. The van der Waals surface area contributed by atoms with E-state index in [2.05, 4.69) is 10.3 Å². The molecule has 112 valence electrons. The second kappa shape index (κ2) is 5.93. The number of pyridine rings is 1. The summed E-state index contributed by atoms with van der Waals surface area (Å²) in [5.41, 5.74) is 0. The van der Waals surface area contributed by atoms with Crippen molar-refractivity contribution in [3.05, 3.63) is 50.4 Å². The van der Waals surface area contributed by atoms with E-state index in [4.69, 9.17) is 34.8 Å². The van der Waals surface area contributed by atoms with Crippen LogP contribution in [0.3, 0.4) is 0 Å². The Labute approximate surface area is 144 Å². The maximum Gasteiger partial charge on any atom is 0.268 e. The molecule has 2 heterocycles. The number of carbonyl (C=O) groups excluding carboxylic acids is 1. The molecule has 0 saturated heterocycles. The highest BCUT2D eigenvalue weighted by molar-refractivity contribution is 7.21. The lowest BCUT2D eigenvalue weighted by Crippen LogP contribution is -2.11. The molecule has 2 N–H and O–H groups in total. The van der Waals surface area contributed by atoms with Crippen LogP contribution in [-0.4, -0.2) is 16.0 Å². The average Bonchev–Trinajstić information content (AvgIpc) is 2.78. The lowest BCUT2D eigenvalue weighted by atomic mass is 10.2. The third-order valence-electron chi connectivity index (χ3n) is 2.87. The van der Waals surface area contributed by atoms with Crippen LogP contribution in [0.25, 0.3) is 10.1 Å². The van der Waals surface area contributed by atoms with Crippen LogP contribution in [-0.2, 0) is 0 Å². The molecule has 0 atom stereocenters. The molecular weight excluding hydrogens is 367 g/mol. The number of fused-ring (bicyclic) bond motifs is 1. The van der Waals surface area contributed by atoms with Crippen molar-refractivity contribution in [1.29, 1.82) is 0 Å². The highest BCUT2D eigenvalue weighted by Crippen LogP contribution is 2.41. The van der Waals surface area contributed by atoms with Gasteiger partial charge in [0.05, 0.1) is 10.0 Å². The summed E-state index contributed by atoms with van der Waals surface area (Å²) in [5.74, 6) is -0.549. The van der Waals surface area contributed by atoms with Crippen LogP contribution in [0.1, 0.15) is 9.67 Å². The summed E-state index contributed by atoms with van der Waals surface area (Å²) in [6, 6.07) is 6.23. The van der Waals surface area contributed by atoms with Gasteiger partial charge in [-0.2, -0.15) is 0 Å². The molecular formula is C14H7Cl3N2O2S. The van der Waals surface area contributed by atoms with Gasteiger partial charge in [0, 0.05) is 21.3 Å². The number of rotatable bonds is 2. The van der Waals surface area contributed by atoms with Gasteiger partial charge in [-0.3, -0.25) is 4.79 Å². The van der Waals surface area contributed by atoms with Crippen LogP contribution < -0.4 is 5.32 Å². The van der Waals surface area contributed by atoms with Crippen molar-refractivity contribution in [2.45, 2.75) is 0 Å². The Kier molecular flexibility index (Phi) is 4.14. The summed E-state index contributed by atoms with van der Waals surface area (Å²) in [5, 5.41) is 13.8. The number of nitrogens with zero attached hydrogens (tertiary/aromatic N) is 1. The van der Waals surface area contributed by atoms with Crippen molar-refractivity contribution in [1.82, 2.24) is 4.98 Å². The van der Waals surface area contributed by atoms with Crippen molar-refractivity contribution in [2.75, 3.05) is 5.32 Å². The normalized spacial score (nSPS) is 10.9. The average molecular weight is 374 g/mol. The molecule has 1 amide bonds. The maximum atomic E-state index is 12.3. The fourth-order valence-corrected chi connectivity index (χ4v) is 4.19. The van der Waals surface area contributed by atoms with Crippen LogP contribution in [0.5, 0.6) is 5.75 Å². The lowest BCUT2D eigenvalue weighted by Gasteiger charge is -2.04. The van der Waals surface area contributed by atoms with Crippen LogP contribution in [0.4, 0.5) is 5.82 Å². The molecule has 0 unspecified atom stereocenters. The molecule has 3 aromatic rings. The quantitative estimate of drug-likeness (QED) is 0.648. The third-order valence-corrected chi connectivity index (χ3v) is 5.02. The van der Waals surface area contributed by atoms with E-state index in [1.807, 2.05) is 0 Å². The summed E-state index contributed by atoms with van der Waals surface area (Å²) < 4.78 is 0.706. The number of amides is 1. The minimum absolute atomic E-state index is 0.0603. The molecule has 1 aromatic carbocycles. The Morgan fingerprint density at radius 2 is 2.05 bits per heavy atom. The van der Waals surface area contributed by atoms with Gasteiger partial charge in [-0.25, -0.2) is 4.98 Å². The Bertz CT molecular complexity index is 895. The number of anilines is 1. The predicted molar refractivity (Wildman–Crippen MR) is 90.7 cm³/mol. The number of hydrogen-bond donors (Lipinski definition) is 2. The highest BCUT2D eigenvalue weighted by Gasteiger charge is 2.20. The smallest absolute Gasteiger partial charge is 0.268 e.